The van der Waals surface area contributed by atoms with Crippen LogP contribution in [0.2, 0.25) is 0 Å². The highest BCUT2D eigenvalue weighted by Gasteiger charge is 2.44. The normalized spacial score (nSPS) is 20.7. The van der Waals surface area contributed by atoms with E-state index in [0.29, 0.717) is 56.6 Å². The number of likely N-dealkylation sites (N-methyl/N-ethyl adjacent to an activating group) is 1. The Balaban J connectivity index is 1.52. The van der Waals surface area contributed by atoms with E-state index in [4.69, 9.17) is 14.2 Å². The molecular weight excluding hydrogens is 402 g/mol. The molecule has 1 unspecified atom stereocenters. The van der Waals surface area contributed by atoms with Crippen molar-refractivity contribution in [3.63, 3.8) is 0 Å². The lowest BCUT2D eigenvalue weighted by Crippen LogP contribution is -2.57. The topological polar surface area (TPSA) is 107 Å². The number of likely N-dealkylation sites (tertiary alicyclic amines) is 1. The van der Waals surface area contributed by atoms with Crippen LogP contribution in [-0.2, 0) is 16.8 Å². The van der Waals surface area contributed by atoms with Crippen LogP contribution in [-0.4, -0.2) is 90.2 Å². The third kappa shape index (κ3) is 4.28. The highest BCUT2D eigenvalue weighted by molar-refractivity contribution is 5.90. The lowest BCUT2D eigenvalue weighted by Gasteiger charge is -2.45. The number of nitrogens with one attached hydrogen (secondary N) is 1. The van der Waals surface area contributed by atoms with Crippen LogP contribution in [0.3, 0.4) is 0 Å². The summed E-state index contributed by atoms with van der Waals surface area (Å²) >= 11 is 0. The van der Waals surface area contributed by atoms with Crippen molar-refractivity contribution in [2.24, 2.45) is 0 Å². The number of aromatic nitrogens is 4. The maximum Gasteiger partial charge on any atom is 0.321 e. The summed E-state index contributed by atoms with van der Waals surface area (Å²) in [6, 6.07) is 5.26. The van der Waals surface area contributed by atoms with E-state index in [1.807, 2.05) is 31.1 Å². The van der Waals surface area contributed by atoms with Crippen molar-refractivity contribution in [2.45, 2.75) is 24.9 Å². The molecule has 11 nitrogen and oxygen atoms in total. The number of tetrazole rings is 1. The molecule has 1 aromatic heterocycles. The summed E-state index contributed by atoms with van der Waals surface area (Å²) in [5, 5.41) is 15.3. The number of amides is 2. The lowest BCUT2D eigenvalue weighted by molar-refractivity contribution is 0.0473. The van der Waals surface area contributed by atoms with Gasteiger partial charge in [-0.1, -0.05) is 0 Å². The Bertz CT molecular complexity index is 919. The third-order valence-electron chi connectivity index (χ3n) is 5.86. The van der Waals surface area contributed by atoms with Gasteiger partial charge in [0.1, 0.15) is 18.8 Å². The molecular formula is C20H29N7O4. The number of carbonyl (C=O) groups is 1. The van der Waals surface area contributed by atoms with Crippen molar-refractivity contribution < 1.29 is 19.0 Å². The second kappa shape index (κ2) is 9.06. The standard InChI is InChI=1S/C20H29N7O4/c1-25(2)20(18-22-23-24-27(18)9-10-29-3)7-4-8-26(14-20)19(28)21-15-5-6-16-17(13-15)31-12-11-30-16/h5-6,13H,4,7-12,14H2,1-3H3,(H,21,28). The largest absolute Gasteiger partial charge is 0.486 e. The number of carbonyl (C=O) groups excluding carboxylic acids is 1. The van der Waals surface area contributed by atoms with Gasteiger partial charge in [-0.2, -0.15) is 0 Å². The third-order valence-corrected chi connectivity index (χ3v) is 5.86. The van der Waals surface area contributed by atoms with Gasteiger partial charge in [0.05, 0.1) is 13.2 Å². The first-order valence-corrected chi connectivity index (χ1v) is 10.4. The van der Waals surface area contributed by atoms with E-state index in [2.05, 4.69) is 25.7 Å². The number of rotatable bonds is 6. The van der Waals surface area contributed by atoms with E-state index in [0.717, 1.165) is 18.7 Å². The quantitative estimate of drug-likeness (QED) is 0.727. The molecule has 0 saturated carbocycles. The van der Waals surface area contributed by atoms with Crippen molar-refractivity contribution in [2.75, 3.05) is 59.4 Å². The number of methoxy groups -OCH3 is 1. The van der Waals surface area contributed by atoms with Crippen molar-refractivity contribution in [3.8, 4) is 11.5 Å². The summed E-state index contributed by atoms with van der Waals surface area (Å²) in [4.78, 5) is 17.0. The van der Waals surface area contributed by atoms with Crippen molar-refractivity contribution >= 4 is 11.7 Å². The molecule has 0 spiro atoms. The molecule has 31 heavy (non-hydrogen) atoms. The summed E-state index contributed by atoms with van der Waals surface area (Å²) < 4.78 is 18.1. The number of ether oxygens (including phenoxy) is 3. The van der Waals surface area contributed by atoms with Gasteiger partial charge in [0.25, 0.3) is 0 Å². The zero-order chi connectivity index (χ0) is 21.8. The summed E-state index contributed by atoms with van der Waals surface area (Å²) in [5.74, 6) is 2.07. The monoisotopic (exact) mass is 431 g/mol. The number of piperidine rings is 1. The average Bonchev–Trinajstić information content (AvgIpc) is 3.26. The summed E-state index contributed by atoms with van der Waals surface area (Å²) in [5.41, 5.74) is 0.180. The van der Waals surface area contributed by atoms with Gasteiger partial charge in [0, 0.05) is 32.0 Å². The number of fused-ring (bicyclic) bond motifs is 1. The number of hydrogen-bond donors (Lipinski definition) is 1. The molecule has 2 aromatic rings. The van der Waals surface area contributed by atoms with Crippen LogP contribution in [0.1, 0.15) is 18.7 Å². The van der Waals surface area contributed by atoms with Crippen LogP contribution in [0.25, 0.3) is 0 Å². The molecule has 3 heterocycles. The molecule has 1 fully saturated rings. The predicted octanol–water partition coefficient (Wildman–Crippen LogP) is 1.18. The van der Waals surface area contributed by atoms with Crippen LogP contribution in [0, 0.1) is 0 Å². The van der Waals surface area contributed by atoms with Crippen molar-refractivity contribution in [1.29, 1.82) is 0 Å². The zero-order valence-electron chi connectivity index (χ0n) is 18.2. The Kier molecular flexibility index (Phi) is 6.23. The van der Waals surface area contributed by atoms with Crippen LogP contribution >= 0.6 is 0 Å². The molecule has 2 aliphatic rings. The van der Waals surface area contributed by atoms with E-state index >= 15 is 0 Å². The smallest absolute Gasteiger partial charge is 0.321 e. The first kappa shape index (κ1) is 21.3. The van der Waals surface area contributed by atoms with Gasteiger partial charge in [-0.05, 0) is 49.5 Å². The maximum atomic E-state index is 13.1. The number of urea groups is 1. The van der Waals surface area contributed by atoms with Gasteiger partial charge >= 0.3 is 6.03 Å². The molecule has 11 heteroatoms. The lowest BCUT2D eigenvalue weighted by atomic mass is 9.86. The van der Waals surface area contributed by atoms with Crippen LogP contribution in [0.4, 0.5) is 10.5 Å². The Morgan fingerprint density at radius 1 is 1.29 bits per heavy atom. The second-order valence-electron chi connectivity index (χ2n) is 7.96. The van der Waals surface area contributed by atoms with Crippen molar-refractivity contribution in [3.05, 3.63) is 24.0 Å². The number of hydrogen-bond acceptors (Lipinski definition) is 8. The first-order chi connectivity index (χ1) is 15.0. The average molecular weight is 431 g/mol. The Morgan fingerprint density at radius 2 is 2.10 bits per heavy atom. The molecule has 1 N–H and O–H groups in total. The van der Waals surface area contributed by atoms with Crippen molar-refractivity contribution in [1.82, 2.24) is 30.0 Å². The molecule has 1 saturated heterocycles. The second-order valence-corrected chi connectivity index (χ2v) is 7.96. The Morgan fingerprint density at radius 3 is 2.87 bits per heavy atom. The van der Waals surface area contributed by atoms with Gasteiger partial charge < -0.3 is 24.4 Å². The Hall–Kier alpha value is -2.92. The molecule has 0 bridgehead atoms. The molecule has 0 radical (unpaired) electrons. The highest BCUT2D eigenvalue weighted by Crippen LogP contribution is 2.36. The van der Waals surface area contributed by atoms with Crippen LogP contribution < -0.4 is 14.8 Å². The number of nitrogens with zero attached hydrogens (tertiary/aromatic N) is 6. The predicted molar refractivity (Wildman–Crippen MR) is 112 cm³/mol. The minimum atomic E-state index is -0.486. The van der Waals surface area contributed by atoms with E-state index < -0.39 is 5.54 Å². The molecule has 4 rings (SSSR count). The zero-order valence-corrected chi connectivity index (χ0v) is 18.2. The summed E-state index contributed by atoms with van der Waals surface area (Å²) in [7, 11) is 5.64. The SMILES string of the molecule is COCCn1nnnc1C1(N(C)C)CCCN(C(=O)Nc2ccc3c(c2)OCCO3)C1. The van der Waals surface area contributed by atoms with E-state index in [1.54, 1.807) is 17.9 Å². The van der Waals surface area contributed by atoms with E-state index in [-0.39, 0.29) is 6.03 Å². The maximum absolute atomic E-state index is 13.1. The molecule has 2 amide bonds. The van der Waals surface area contributed by atoms with E-state index in [9.17, 15) is 4.79 Å². The van der Waals surface area contributed by atoms with Gasteiger partial charge in [0.2, 0.25) is 0 Å². The summed E-state index contributed by atoms with van der Waals surface area (Å²) in [6.45, 7) is 3.23. The fraction of sp³-hybridized carbons (Fsp3) is 0.600. The summed E-state index contributed by atoms with van der Waals surface area (Å²) in [6.07, 6.45) is 1.69. The fourth-order valence-corrected chi connectivity index (χ4v) is 4.15. The van der Waals surface area contributed by atoms with Gasteiger partial charge in [-0.15, -0.1) is 5.10 Å². The minimum absolute atomic E-state index is 0.168. The molecule has 2 aliphatic heterocycles. The van der Waals surface area contributed by atoms with Crippen LogP contribution in [0.5, 0.6) is 11.5 Å². The van der Waals surface area contributed by atoms with Crippen LogP contribution in [0.15, 0.2) is 18.2 Å². The van der Waals surface area contributed by atoms with E-state index in [1.165, 1.54) is 0 Å². The molecule has 168 valence electrons. The molecule has 1 aromatic carbocycles. The molecule has 1 atom stereocenters. The van der Waals surface area contributed by atoms with Gasteiger partial charge in [-0.25, -0.2) is 9.48 Å². The van der Waals surface area contributed by atoms with Gasteiger partial charge in [-0.3, -0.25) is 4.90 Å². The highest BCUT2D eigenvalue weighted by atomic mass is 16.6. The minimum Gasteiger partial charge on any atom is -0.486 e. The fourth-order valence-electron chi connectivity index (χ4n) is 4.15. The first-order valence-electron chi connectivity index (χ1n) is 10.4. The Labute approximate surface area is 181 Å². The number of anilines is 1. The number of benzene rings is 1. The molecule has 0 aliphatic carbocycles. The van der Waals surface area contributed by atoms with Gasteiger partial charge in [0.15, 0.2) is 17.3 Å².